The Labute approximate surface area is 443 Å². The van der Waals surface area contributed by atoms with Gasteiger partial charge >= 0.3 is 6.01 Å². The van der Waals surface area contributed by atoms with Gasteiger partial charge in [0.05, 0.1) is 12.0 Å². The Hall–Kier alpha value is -6.04. The molecule has 1 saturated carbocycles. The number of phenols is 1. The van der Waals surface area contributed by atoms with Gasteiger partial charge in [0.2, 0.25) is 11.8 Å². The summed E-state index contributed by atoms with van der Waals surface area (Å²) < 4.78 is 38.9. The number of anilines is 2. The van der Waals surface area contributed by atoms with E-state index in [1.54, 1.807) is 23.2 Å². The average molecular weight is 1040 g/mol. The Morgan fingerprint density at radius 1 is 0.829 bits per heavy atom. The number of benzene rings is 3. The van der Waals surface area contributed by atoms with Gasteiger partial charge in [0.1, 0.15) is 34.6 Å². The van der Waals surface area contributed by atoms with Gasteiger partial charge in [-0.1, -0.05) is 26.8 Å². The molecule has 2 aromatic heterocycles. The smallest absolute Gasteiger partial charge is 0.319 e. The van der Waals surface area contributed by atoms with Gasteiger partial charge in [-0.3, -0.25) is 29.6 Å². The molecule has 8 heterocycles. The zero-order valence-corrected chi connectivity index (χ0v) is 44.4. The van der Waals surface area contributed by atoms with Crippen molar-refractivity contribution < 1.29 is 33.0 Å². The van der Waals surface area contributed by atoms with E-state index >= 15 is 8.78 Å². The van der Waals surface area contributed by atoms with Crippen molar-refractivity contribution in [2.45, 2.75) is 110 Å². The van der Waals surface area contributed by atoms with Gasteiger partial charge in [-0.05, 0) is 147 Å². The van der Waals surface area contributed by atoms with Crippen molar-refractivity contribution in [1.29, 1.82) is 0 Å². The van der Waals surface area contributed by atoms with Gasteiger partial charge in [-0.2, -0.15) is 9.97 Å². The number of hydrogen-bond donors (Lipinski definition) is 2. The second kappa shape index (κ2) is 20.4. The lowest BCUT2D eigenvalue weighted by Crippen LogP contribution is -2.55. The first-order valence-electron chi connectivity index (χ1n) is 28.1. The molecule has 2 N–H and O–H groups in total. The minimum atomic E-state index is -0.649. The molecule has 2 atom stereocenters. The maximum absolute atomic E-state index is 17.2. The Bertz CT molecular complexity index is 3070. The van der Waals surface area contributed by atoms with Crippen molar-refractivity contribution in [1.82, 2.24) is 39.9 Å². The molecule has 12 rings (SSSR count). The summed E-state index contributed by atoms with van der Waals surface area (Å²) in [5.41, 5.74) is 3.85. The number of piperazine rings is 1. The van der Waals surface area contributed by atoms with Crippen LogP contribution in [0.15, 0.2) is 48.7 Å². The second-order valence-electron chi connectivity index (χ2n) is 23.8. The van der Waals surface area contributed by atoms with E-state index in [9.17, 15) is 19.5 Å². The summed E-state index contributed by atoms with van der Waals surface area (Å²) in [6.07, 6.45) is 11.4. The number of aromatic nitrogens is 3. The minimum Gasteiger partial charge on any atom is -0.508 e. The third-order valence-electron chi connectivity index (χ3n) is 18.3. The lowest BCUT2D eigenvalue weighted by Gasteiger charge is -2.47. The molecule has 0 spiro atoms. The molecule has 7 aliphatic rings. The number of carbonyl (C=O) groups excluding carboxylic acids is 3. The maximum Gasteiger partial charge on any atom is 0.319 e. The average Bonchev–Trinajstić information content (AvgIpc) is 4.11. The summed E-state index contributed by atoms with van der Waals surface area (Å²) in [4.78, 5) is 66.2. The highest BCUT2D eigenvalue weighted by molar-refractivity contribution is 6.06. The highest BCUT2D eigenvalue weighted by Crippen LogP contribution is 2.48. The number of phenolic OH excluding ortho intramolecular Hbond substituents is 1. The summed E-state index contributed by atoms with van der Waals surface area (Å²) in [6.45, 7) is 19.4. The van der Waals surface area contributed by atoms with E-state index in [2.05, 4.69) is 60.8 Å². The van der Waals surface area contributed by atoms with Crippen LogP contribution in [-0.4, -0.2) is 155 Å². The highest BCUT2D eigenvalue weighted by Gasteiger charge is 2.47. The largest absolute Gasteiger partial charge is 0.508 e. The van der Waals surface area contributed by atoms with Crippen LogP contribution >= 0.6 is 0 Å². The number of carbonyl (C=O) groups is 3. The molecule has 402 valence electrons. The molecule has 3 aromatic carbocycles. The maximum atomic E-state index is 17.2. The molecule has 6 fully saturated rings. The van der Waals surface area contributed by atoms with Crippen LogP contribution in [-0.2, 0) is 22.6 Å². The predicted molar refractivity (Wildman–Crippen MR) is 289 cm³/mol. The van der Waals surface area contributed by atoms with E-state index in [-0.39, 0.29) is 63.8 Å². The molecule has 1 unspecified atom stereocenters. The van der Waals surface area contributed by atoms with Crippen molar-refractivity contribution in [2.24, 2.45) is 16.7 Å². The lowest BCUT2D eigenvalue weighted by atomic mass is 9.79. The number of rotatable bonds is 13. The molecule has 1 aliphatic carbocycles. The van der Waals surface area contributed by atoms with Crippen LogP contribution in [0.3, 0.4) is 0 Å². The molecule has 15 nitrogen and oxygen atoms in total. The number of nitrogens with one attached hydrogen (secondary N) is 1. The number of pyridine rings is 1. The SMILES string of the molecule is CCc1c(F)ccc2cc(O)cc(-c3ncc4c(N5CCC[C@H](C)C5)nc(OCC5(CN6CCC(C)(CN7CCN(C8CCN(c9ccc%10c(c9)CN(C9CCC(=O)NC9=O)C%10=O)CC8)CC7)CC6)CC5)nc4c3F)c12. The monoisotopic (exact) mass is 1040 g/mol. The van der Waals surface area contributed by atoms with Crippen LogP contribution in [0.5, 0.6) is 11.8 Å². The Morgan fingerprint density at radius 2 is 1.61 bits per heavy atom. The van der Waals surface area contributed by atoms with Gasteiger partial charge in [-0.25, -0.2) is 8.78 Å². The van der Waals surface area contributed by atoms with Gasteiger partial charge in [-0.15, -0.1) is 0 Å². The fourth-order valence-corrected chi connectivity index (χ4v) is 13.6. The van der Waals surface area contributed by atoms with E-state index in [0.29, 0.717) is 76.6 Å². The van der Waals surface area contributed by atoms with Crippen LogP contribution in [0, 0.1) is 28.4 Å². The van der Waals surface area contributed by atoms with Crippen molar-refractivity contribution in [2.75, 3.05) is 94.9 Å². The van der Waals surface area contributed by atoms with Gasteiger partial charge < -0.3 is 34.3 Å². The Morgan fingerprint density at radius 3 is 2.34 bits per heavy atom. The van der Waals surface area contributed by atoms with Crippen LogP contribution in [0.2, 0.25) is 0 Å². The molecular formula is C59H72F2N10O5. The van der Waals surface area contributed by atoms with E-state index < -0.39 is 11.9 Å². The molecule has 5 saturated heterocycles. The number of nitrogens with zero attached hydrogens (tertiary/aromatic N) is 9. The van der Waals surface area contributed by atoms with Crippen LogP contribution in [0.4, 0.5) is 20.3 Å². The number of aromatic hydroxyl groups is 1. The fraction of sp³-hybridized carbons (Fsp3) is 0.559. The number of halogens is 2. The van der Waals surface area contributed by atoms with Crippen molar-refractivity contribution in [3.8, 4) is 23.0 Å². The third-order valence-corrected chi connectivity index (χ3v) is 18.3. The van der Waals surface area contributed by atoms with Gasteiger partial charge in [0.15, 0.2) is 5.82 Å². The zero-order chi connectivity index (χ0) is 52.5. The van der Waals surface area contributed by atoms with Crippen molar-refractivity contribution in [3.63, 3.8) is 0 Å². The van der Waals surface area contributed by atoms with E-state index in [1.165, 1.54) is 12.1 Å². The van der Waals surface area contributed by atoms with Crippen molar-refractivity contribution in [3.05, 3.63) is 77.0 Å². The fourth-order valence-electron chi connectivity index (χ4n) is 13.6. The summed E-state index contributed by atoms with van der Waals surface area (Å²) in [6, 6.07) is 12.2. The van der Waals surface area contributed by atoms with Gasteiger partial charge in [0.25, 0.3) is 5.91 Å². The summed E-state index contributed by atoms with van der Waals surface area (Å²) in [7, 11) is 0. The van der Waals surface area contributed by atoms with Crippen LogP contribution < -0.4 is 19.9 Å². The normalized spacial score (nSPS) is 23.6. The highest BCUT2D eigenvalue weighted by atomic mass is 19.1. The molecule has 6 aliphatic heterocycles. The molecule has 3 amide bonds. The summed E-state index contributed by atoms with van der Waals surface area (Å²) in [5, 5.41) is 14.8. The number of amides is 3. The molecular weight excluding hydrogens is 967 g/mol. The third kappa shape index (κ3) is 9.95. The van der Waals surface area contributed by atoms with E-state index in [0.717, 1.165) is 141 Å². The first-order chi connectivity index (χ1) is 36.7. The zero-order valence-electron chi connectivity index (χ0n) is 44.4. The first kappa shape index (κ1) is 50.8. The molecule has 17 heteroatoms. The van der Waals surface area contributed by atoms with Gasteiger partial charge in [0, 0.05) is 113 Å². The summed E-state index contributed by atoms with van der Waals surface area (Å²) >= 11 is 0. The number of imide groups is 1. The van der Waals surface area contributed by atoms with Crippen LogP contribution in [0.1, 0.15) is 106 Å². The topological polar surface area (TPSA) is 151 Å². The quantitative estimate of drug-likeness (QED) is 0.110. The Kier molecular flexibility index (Phi) is 13.6. The number of piperidine rings is 4. The Balaban J connectivity index is 0.640. The number of fused-ring (bicyclic) bond motifs is 3. The molecule has 5 aromatic rings. The standard InChI is InChI=1S/C59H72F2N10O5/c1-4-43-47(60)10-7-38-29-42(72)30-45(50(38)43)52-51(61)53-46(31-62-52)54(70-19-5-6-37(2)32-70)65-57(64-53)76-36-59(15-16-59)35-66-22-17-58(3,18-23-66)34-67-24-26-69(27-25-67)40-13-20-68(21-14-40)41-8-9-44-39(28-41)33-71(56(44)75)48-11-12-49(73)63-55(48)74/h7-10,28-31,37,40,48,72H,4-6,11-27,32-36H2,1-3H3,(H,63,73,74)/t37-,48?/m0/s1. The van der Waals surface area contributed by atoms with E-state index in [4.69, 9.17) is 14.7 Å². The number of ether oxygens (including phenoxy) is 1. The lowest BCUT2D eigenvalue weighted by molar-refractivity contribution is -0.136. The predicted octanol–water partition coefficient (Wildman–Crippen LogP) is 7.94. The molecule has 0 bridgehead atoms. The second-order valence-corrected chi connectivity index (χ2v) is 23.8. The van der Waals surface area contributed by atoms with Crippen molar-refractivity contribution >= 4 is 50.9 Å². The number of aryl methyl sites for hydroxylation is 1. The number of hydrogen-bond acceptors (Lipinski definition) is 13. The molecule has 0 radical (unpaired) electrons. The van der Waals surface area contributed by atoms with E-state index in [1.807, 2.05) is 13.0 Å². The molecule has 76 heavy (non-hydrogen) atoms. The van der Waals surface area contributed by atoms with Crippen LogP contribution in [0.25, 0.3) is 32.9 Å². The number of likely N-dealkylation sites (tertiary alicyclic amines) is 1. The first-order valence-corrected chi connectivity index (χ1v) is 28.1. The summed E-state index contributed by atoms with van der Waals surface area (Å²) in [5.74, 6) is -0.814. The minimum absolute atomic E-state index is 0.00103.